The summed E-state index contributed by atoms with van der Waals surface area (Å²) < 4.78 is 0. The van der Waals surface area contributed by atoms with E-state index < -0.39 is 0 Å². The largest absolute Gasteiger partial charge is 4.00 e. The van der Waals surface area contributed by atoms with Crippen molar-refractivity contribution in [2.45, 2.75) is 45.4 Å². The van der Waals surface area contributed by atoms with Gasteiger partial charge in [0.25, 0.3) is 0 Å². The first kappa shape index (κ1) is 29.0. The van der Waals surface area contributed by atoms with Crippen molar-refractivity contribution in [2.24, 2.45) is 0 Å². The number of fused-ring (bicyclic) bond motifs is 4. The third-order valence-electron chi connectivity index (χ3n) is 5.63. The van der Waals surface area contributed by atoms with E-state index in [0.717, 1.165) is 17.7 Å². The predicted molar refractivity (Wildman–Crippen MR) is 130 cm³/mol. The van der Waals surface area contributed by atoms with Gasteiger partial charge < -0.3 is 24.8 Å². The van der Waals surface area contributed by atoms with Gasteiger partial charge in [-0.1, -0.05) is 77.1 Å². The molecule has 1 aliphatic carbocycles. The second-order valence-corrected chi connectivity index (χ2v) is 11.7. The molecule has 0 aromatic heterocycles. The van der Waals surface area contributed by atoms with E-state index in [1.807, 2.05) is 6.07 Å². The van der Waals surface area contributed by atoms with Crippen molar-refractivity contribution in [1.29, 1.82) is 0 Å². The molecule has 0 saturated carbocycles. The summed E-state index contributed by atoms with van der Waals surface area (Å²) in [5.74, 6) is 0. The maximum Gasteiger partial charge on any atom is 4.00 e. The molecule has 0 bridgehead atoms. The molecule has 0 fully saturated rings. The summed E-state index contributed by atoms with van der Waals surface area (Å²) in [5, 5.41) is 4.36. The van der Waals surface area contributed by atoms with Gasteiger partial charge in [-0.25, -0.2) is 0 Å². The summed E-state index contributed by atoms with van der Waals surface area (Å²) in [4.78, 5) is 0. The molecule has 4 aromatic rings. The van der Waals surface area contributed by atoms with Gasteiger partial charge in [0.05, 0.1) is 0 Å². The van der Waals surface area contributed by atoms with E-state index in [-0.39, 0.29) is 54.5 Å². The third-order valence-corrected chi connectivity index (χ3v) is 8.71. The zero-order valence-electron chi connectivity index (χ0n) is 19.1. The van der Waals surface area contributed by atoms with Gasteiger partial charge in [-0.05, 0) is 17.7 Å². The molecular weight excluding hydrogens is 486 g/mol. The number of rotatable bonds is 3. The molecule has 0 saturated heterocycles. The van der Waals surface area contributed by atoms with Crippen LogP contribution in [0.1, 0.15) is 38.8 Å². The molecule has 4 heteroatoms. The summed E-state index contributed by atoms with van der Waals surface area (Å²) in [6.07, 6.45) is 1.05. The van der Waals surface area contributed by atoms with Gasteiger partial charge in [0.15, 0.2) is 0 Å². The van der Waals surface area contributed by atoms with E-state index in [1.165, 1.54) is 33.0 Å². The molecule has 0 heterocycles. The van der Waals surface area contributed by atoms with Crippen molar-refractivity contribution >= 4 is 24.0 Å². The molecule has 1 aliphatic rings. The fourth-order valence-corrected chi connectivity index (χ4v) is 7.43. The minimum atomic E-state index is -0.0206. The van der Waals surface area contributed by atoms with Crippen LogP contribution in [0.3, 0.4) is 0 Å². The van der Waals surface area contributed by atoms with Crippen LogP contribution in [0.15, 0.2) is 78.9 Å². The number of hydrogen-bond donors (Lipinski definition) is 0. The molecule has 0 N–H and O–H groups in total. The average molecular weight is 515 g/mol. The van der Waals surface area contributed by atoms with Gasteiger partial charge in [-0.3, -0.25) is 0 Å². The van der Waals surface area contributed by atoms with Gasteiger partial charge in [0, 0.05) is 0 Å². The standard InChI is InChI=1S/C15H20P.C13H9.2ClH.Ti/c1-11(2)16(12(3)4)15-9-13-7-5-6-8-14(13)10-15;1-3-7-12-10(5-1)9-11-6-2-4-8-13(11)12;;;/h5-12H,1-4H3;1-5,7-8H,9H2;2*1H;/q2*-1;;;+4/p-2. The Morgan fingerprint density at radius 2 is 1.44 bits per heavy atom. The van der Waals surface area contributed by atoms with Crippen molar-refractivity contribution in [2.75, 3.05) is 0 Å². The van der Waals surface area contributed by atoms with Crippen molar-refractivity contribution in [3.63, 3.8) is 0 Å². The molecule has 0 aliphatic heterocycles. The Morgan fingerprint density at radius 3 is 2.12 bits per heavy atom. The Labute approximate surface area is 222 Å². The first-order valence-electron chi connectivity index (χ1n) is 10.6. The van der Waals surface area contributed by atoms with Gasteiger partial charge in [0.1, 0.15) is 0 Å². The molecule has 0 atom stereocenters. The van der Waals surface area contributed by atoms with E-state index in [0.29, 0.717) is 0 Å². The van der Waals surface area contributed by atoms with Crippen LogP contribution in [0.25, 0.3) is 21.9 Å². The second kappa shape index (κ2) is 13.0. The Balaban J connectivity index is 0.000000296. The van der Waals surface area contributed by atoms with Crippen LogP contribution >= 0.6 is 7.92 Å². The van der Waals surface area contributed by atoms with E-state index in [2.05, 4.69) is 107 Å². The van der Waals surface area contributed by atoms with Crippen LogP contribution in [0.2, 0.25) is 0 Å². The zero-order valence-corrected chi connectivity index (χ0v) is 23.0. The predicted octanol–water partition coefficient (Wildman–Crippen LogP) is 1.55. The minimum absolute atomic E-state index is 0. The molecule has 0 nitrogen and oxygen atoms in total. The summed E-state index contributed by atoms with van der Waals surface area (Å²) in [7, 11) is -0.0206. The smallest absolute Gasteiger partial charge is 1.00 e. The summed E-state index contributed by atoms with van der Waals surface area (Å²) in [6, 6.07) is 31.6. The topological polar surface area (TPSA) is 0 Å². The Bertz CT molecular complexity index is 1030. The van der Waals surface area contributed by atoms with Crippen molar-refractivity contribution < 1.29 is 46.5 Å². The monoisotopic (exact) mass is 514 g/mol. The number of halogens is 2. The second-order valence-electron chi connectivity index (χ2n) is 8.33. The van der Waals surface area contributed by atoms with Crippen LogP contribution in [-0.4, -0.2) is 11.3 Å². The Kier molecular flexibility index (Phi) is 11.8. The van der Waals surface area contributed by atoms with E-state index >= 15 is 0 Å². The van der Waals surface area contributed by atoms with Crippen LogP contribution < -0.4 is 30.1 Å². The first-order valence-corrected chi connectivity index (χ1v) is 12.0. The zero-order chi connectivity index (χ0) is 20.4. The normalized spacial score (nSPS) is 11.1. The van der Waals surface area contributed by atoms with E-state index in [9.17, 15) is 0 Å². The van der Waals surface area contributed by atoms with Crippen molar-refractivity contribution in [1.82, 2.24) is 0 Å². The number of benzene rings is 3. The molecule has 0 amide bonds. The Morgan fingerprint density at radius 1 is 0.812 bits per heavy atom. The average Bonchev–Trinajstić information content (AvgIpc) is 3.29. The summed E-state index contributed by atoms with van der Waals surface area (Å²) in [6.45, 7) is 9.40. The molecule has 32 heavy (non-hydrogen) atoms. The molecule has 0 radical (unpaired) electrons. The molecular formula is C28H29Cl2PTi. The molecule has 164 valence electrons. The summed E-state index contributed by atoms with van der Waals surface area (Å²) >= 11 is 0. The van der Waals surface area contributed by atoms with Crippen molar-refractivity contribution in [3.8, 4) is 11.1 Å². The maximum atomic E-state index is 3.30. The quantitative estimate of drug-likeness (QED) is 0.195. The van der Waals surface area contributed by atoms with Crippen LogP contribution in [0.4, 0.5) is 0 Å². The third kappa shape index (κ3) is 6.31. The van der Waals surface area contributed by atoms with Gasteiger partial charge in [0.2, 0.25) is 0 Å². The SMILES string of the molecule is CC(C)P(c1cc2ccccc2[cH-]1)C(C)C.[Cl-].[Cl-].[Ti+4].[c-]1cccc2c1Cc1ccccc1-2. The van der Waals surface area contributed by atoms with Gasteiger partial charge >= 0.3 is 21.7 Å². The van der Waals surface area contributed by atoms with E-state index in [4.69, 9.17) is 0 Å². The van der Waals surface area contributed by atoms with Gasteiger partial charge in [-0.15, -0.1) is 45.9 Å². The van der Waals surface area contributed by atoms with Crippen LogP contribution in [0, 0.1) is 6.07 Å². The van der Waals surface area contributed by atoms with Crippen molar-refractivity contribution in [3.05, 3.63) is 96.1 Å². The first-order chi connectivity index (χ1) is 14.0. The summed E-state index contributed by atoms with van der Waals surface area (Å²) in [5.41, 5.74) is 7.05. The van der Waals surface area contributed by atoms with Crippen LogP contribution in [-0.2, 0) is 28.1 Å². The fourth-order valence-electron chi connectivity index (χ4n) is 4.47. The Hall–Kier alpha value is -1.01. The maximum absolute atomic E-state index is 3.30. The fraction of sp³-hybridized carbons (Fsp3) is 0.250. The number of hydrogen-bond acceptors (Lipinski definition) is 0. The molecule has 0 spiro atoms. The van der Waals surface area contributed by atoms with Gasteiger partial charge in [-0.2, -0.15) is 35.9 Å². The van der Waals surface area contributed by atoms with E-state index in [1.54, 1.807) is 5.30 Å². The molecule has 5 rings (SSSR count). The minimum Gasteiger partial charge on any atom is -1.00 e. The molecule has 0 unspecified atom stereocenters. The van der Waals surface area contributed by atoms with Crippen LogP contribution in [0.5, 0.6) is 0 Å². The molecule has 4 aromatic carbocycles.